The van der Waals surface area contributed by atoms with Crippen LogP contribution in [0.15, 0.2) is 35.0 Å². The van der Waals surface area contributed by atoms with Gasteiger partial charge in [-0.25, -0.2) is 13.4 Å². The smallest absolute Gasteiger partial charge is 0.248 e. The van der Waals surface area contributed by atoms with E-state index in [1.54, 1.807) is 18.5 Å². The van der Waals surface area contributed by atoms with Crippen molar-refractivity contribution in [1.82, 2.24) is 35.2 Å². The lowest BCUT2D eigenvalue weighted by Crippen LogP contribution is -2.49. The third-order valence-electron chi connectivity index (χ3n) is 6.96. The fourth-order valence-electron chi connectivity index (χ4n) is 5.26. The Bertz CT molecular complexity index is 1550. The standard InChI is InChI=1S/C24H28N8O4S/c1-35-24-21(30-37(2,33)34)10-16(11-25-24)15-8-18(19-12-26-27-20(19)9-15)23-29-28-22(36-23)14-31-6-7-32-5-3-4-17(32)13-31/h8-12,17,30H,3-7,13-14H2,1-2H3,(H,26,27). The lowest BCUT2D eigenvalue weighted by Gasteiger charge is -2.36. The van der Waals surface area contributed by atoms with Crippen LogP contribution in [0, 0.1) is 0 Å². The molecule has 2 aliphatic rings. The van der Waals surface area contributed by atoms with Crippen molar-refractivity contribution < 1.29 is 17.6 Å². The Balaban J connectivity index is 1.31. The number of rotatable bonds is 7. The summed E-state index contributed by atoms with van der Waals surface area (Å²) in [6.45, 7) is 4.91. The van der Waals surface area contributed by atoms with Gasteiger partial charge in [-0.3, -0.25) is 19.6 Å². The normalized spacial score (nSPS) is 18.8. The number of hydrogen-bond donors (Lipinski definition) is 2. The molecule has 0 bridgehead atoms. The minimum Gasteiger partial charge on any atom is -0.480 e. The van der Waals surface area contributed by atoms with Crippen LogP contribution < -0.4 is 9.46 Å². The maximum Gasteiger partial charge on any atom is 0.248 e. The summed E-state index contributed by atoms with van der Waals surface area (Å²) in [5.74, 6) is 1.16. The Morgan fingerprint density at radius 1 is 1.16 bits per heavy atom. The van der Waals surface area contributed by atoms with Gasteiger partial charge >= 0.3 is 0 Å². The van der Waals surface area contributed by atoms with Crippen LogP contribution >= 0.6 is 0 Å². The van der Waals surface area contributed by atoms with Crippen molar-refractivity contribution in [2.24, 2.45) is 0 Å². The minimum atomic E-state index is -3.53. The van der Waals surface area contributed by atoms with E-state index in [4.69, 9.17) is 9.15 Å². The molecular formula is C24H28N8O4S. The number of H-pyrrole nitrogens is 1. The average Bonchev–Trinajstić information content (AvgIpc) is 3.63. The van der Waals surface area contributed by atoms with Crippen LogP contribution in [0.5, 0.6) is 5.88 Å². The van der Waals surface area contributed by atoms with Crippen molar-refractivity contribution in [3.63, 3.8) is 0 Å². The number of benzene rings is 1. The topological polar surface area (TPSA) is 142 Å². The maximum atomic E-state index is 11.9. The number of nitrogens with zero attached hydrogens (tertiary/aromatic N) is 6. The summed E-state index contributed by atoms with van der Waals surface area (Å²) in [5, 5.41) is 16.7. The van der Waals surface area contributed by atoms with E-state index in [1.165, 1.54) is 26.5 Å². The van der Waals surface area contributed by atoms with Crippen molar-refractivity contribution >= 4 is 26.6 Å². The molecule has 1 aromatic carbocycles. The molecule has 3 aromatic heterocycles. The molecule has 6 rings (SSSR count). The highest BCUT2D eigenvalue weighted by Crippen LogP contribution is 2.35. The van der Waals surface area contributed by atoms with Crippen LogP contribution in [-0.2, 0) is 16.6 Å². The molecule has 13 heteroatoms. The summed E-state index contributed by atoms with van der Waals surface area (Å²) >= 11 is 0. The minimum absolute atomic E-state index is 0.178. The lowest BCUT2D eigenvalue weighted by molar-refractivity contribution is 0.0929. The van der Waals surface area contributed by atoms with Gasteiger partial charge in [0.2, 0.25) is 27.7 Å². The van der Waals surface area contributed by atoms with E-state index in [-0.39, 0.29) is 11.6 Å². The Morgan fingerprint density at radius 2 is 2.05 bits per heavy atom. The lowest BCUT2D eigenvalue weighted by atomic mass is 10.0. The van der Waals surface area contributed by atoms with E-state index < -0.39 is 10.0 Å². The molecule has 194 valence electrons. The molecule has 2 N–H and O–H groups in total. The summed E-state index contributed by atoms with van der Waals surface area (Å²) in [5.41, 5.74) is 3.21. The third kappa shape index (κ3) is 4.89. The molecule has 1 unspecified atom stereocenters. The summed E-state index contributed by atoms with van der Waals surface area (Å²) in [6.07, 6.45) is 6.94. The van der Waals surface area contributed by atoms with Crippen molar-refractivity contribution in [2.45, 2.75) is 25.4 Å². The summed E-state index contributed by atoms with van der Waals surface area (Å²) in [6, 6.07) is 6.13. The molecule has 12 nitrogen and oxygen atoms in total. The van der Waals surface area contributed by atoms with Crippen molar-refractivity contribution in [2.75, 3.05) is 44.3 Å². The van der Waals surface area contributed by atoms with Gasteiger partial charge in [0.15, 0.2) is 0 Å². The Hall–Kier alpha value is -3.55. The quantitative estimate of drug-likeness (QED) is 0.370. The van der Waals surface area contributed by atoms with Crippen LogP contribution in [0.2, 0.25) is 0 Å². The second-order valence-electron chi connectivity index (χ2n) is 9.58. The number of pyridine rings is 1. The number of aromatic nitrogens is 5. The average molecular weight is 525 g/mol. The molecule has 4 aromatic rings. The molecule has 2 fully saturated rings. The predicted octanol–water partition coefficient (Wildman–Crippen LogP) is 2.33. The van der Waals surface area contributed by atoms with Gasteiger partial charge in [-0.05, 0) is 43.1 Å². The number of fused-ring (bicyclic) bond motifs is 2. The molecule has 0 saturated carbocycles. The first kappa shape index (κ1) is 23.8. The molecule has 2 saturated heterocycles. The van der Waals surface area contributed by atoms with E-state index in [9.17, 15) is 8.42 Å². The van der Waals surface area contributed by atoms with Crippen molar-refractivity contribution in [1.29, 1.82) is 0 Å². The maximum absolute atomic E-state index is 11.9. The van der Waals surface area contributed by atoms with E-state index in [0.29, 0.717) is 29.9 Å². The van der Waals surface area contributed by atoms with E-state index in [1.807, 2.05) is 12.1 Å². The number of ether oxygens (including phenoxy) is 1. The number of anilines is 1. The van der Waals surface area contributed by atoms with Gasteiger partial charge in [0.1, 0.15) is 5.69 Å². The highest BCUT2D eigenvalue weighted by atomic mass is 32.2. The predicted molar refractivity (Wildman–Crippen MR) is 138 cm³/mol. The van der Waals surface area contributed by atoms with Crippen LogP contribution in [0.4, 0.5) is 5.69 Å². The molecule has 37 heavy (non-hydrogen) atoms. The molecule has 0 amide bonds. The Labute approximate surface area is 214 Å². The second-order valence-corrected chi connectivity index (χ2v) is 11.3. The van der Waals surface area contributed by atoms with Gasteiger partial charge < -0.3 is 9.15 Å². The molecule has 0 aliphatic carbocycles. The number of nitrogens with one attached hydrogen (secondary N) is 2. The molecule has 2 aliphatic heterocycles. The Morgan fingerprint density at radius 3 is 2.89 bits per heavy atom. The monoisotopic (exact) mass is 524 g/mol. The zero-order valence-electron chi connectivity index (χ0n) is 20.6. The summed E-state index contributed by atoms with van der Waals surface area (Å²) < 4.78 is 37.5. The van der Waals surface area contributed by atoms with Gasteiger partial charge in [-0.2, -0.15) is 5.10 Å². The van der Waals surface area contributed by atoms with Crippen LogP contribution in [0.3, 0.4) is 0 Å². The van der Waals surface area contributed by atoms with Gasteiger partial charge in [0, 0.05) is 42.8 Å². The first-order chi connectivity index (χ1) is 17.9. The Kier molecular flexibility index (Phi) is 6.05. The summed E-state index contributed by atoms with van der Waals surface area (Å²) in [4.78, 5) is 9.24. The van der Waals surface area contributed by atoms with Crippen LogP contribution in [0.1, 0.15) is 18.7 Å². The van der Waals surface area contributed by atoms with Crippen molar-refractivity contribution in [3.8, 4) is 28.5 Å². The van der Waals surface area contributed by atoms with Gasteiger partial charge in [0.25, 0.3) is 0 Å². The largest absolute Gasteiger partial charge is 0.480 e. The van der Waals surface area contributed by atoms with E-state index >= 15 is 0 Å². The molecule has 5 heterocycles. The fraction of sp³-hybridized carbons (Fsp3) is 0.417. The number of aromatic amines is 1. The molecule has 0 radical (unpaired) electrons. The van der Waals surface area contributed by atoms with E-state index in [2.05, 4.69) is 39.9 Å². The van der Waals surface area contributed by atoms with Crippen LogP contribution in [0.25, 0.3) is 33.5 Å². The zero-order chi connectivity index (χ0) is 25.6. The van der Waals surface area contributed by atoms with Crippen molar-refractivity contribution in [3.05, 3.63) is 36.5 Å². The van der Waals surface area contributed by atoms with Gasteiger partial charge in [0.05, 0.1) is 37.2 Å². The molecule has 0 spiro atoms. The van der Waals surface area contributed by atoms with Gasteiger partial charge in [-0.1, -0.05) is 0 Å². The van der Waals surface area contributed by atoms with Gasteiger partial charge in [-0.15, -0.1) is 10.2 Å². The fourth-order valence-corrected chi connectivity index (χ4v) is 5.80. The number of sulfonamides is 1. The highest BCUT2D eigenvalue weighted by Gasteiger charge is 2.31. The third-order valence-corrected chi connectivity index (χ3v) is 7.55. The number of piperazine rings is 1. The second kappa shape index (κ2) is 9.39. The highest BCUT2D eigenvalue weighted by molar-refractivity contribution is 7.92. The van der Waals surface area contributed by atoms with Crippen LogP contribution in [-0.4, -0.2) is 89.2 Å². The molecular weight excluding hydrogens is 496 g/mol. The first-order valence-electron chi connectivity index (χ1n) is 12.1. The molecule has 1 atom stereocenters. The zero-order valence-corrected chi connectivity index (χ0v) is 21.5. The number of methoxy groups -OCH3 is 1. The SMILES string of the molecule is COc1ncc(-c2cc(-c3nnc(CN4CCN5CCCC5C4)o3)c3cn[nH]c3c2)cc1NS(C)(=O)=O. The summed E-state index contributed by atoms with van der Waals surface area (Å²) in [7, 11) is -2.09. The number of hydrogen-bond acceptors (Lipinski definition) is 10. The first-order valence-corrected chi connectivity index (χ1v) is 14.0. The van der Waals surface area contributed by atoms with E-state index in [0.717, 1.165) is 47.9 Å².